The minimum absolute atomic E-state index is 0. The lowest BCUT2D eigenvalue weighted by molar-refractivity contribution is -0.128. The van der Waals surface area contributed by atoms with Crippen molar-refractivity contribution in [3.63, 3.8) is 0 Å². The van der Waals surface area contributed by atoms with E-state index >= 15 is 0 Å². The van der Waals surface area contributed by atoms with Gasteiger partial charge in [0.2, 0.25) is 5.91 Å². The zero-order valence-corrected chi connectivity index (χ0v) is 16.9. The van der Waals surface area contributed by atoms with E-state index in [0.29, 0.717) is 24.6 Å². The highest BCUT2D eigenvalue weighted by molar-refractivity contribution is 5.94. The third kappa shape index (κ3) is 7.34. The van der Waals surface area contributed by atoms with Crippen molar-refractivity contribution in [2.75, 3.05) is 19.6 Å². The normalized spacial score (nSPS) is 17.1. The number of halogens is 1. The largest absolute Gasteiger partial charge is 0.352 e. The summed E-state index contributed by atoms with van der Waals surface area (Å²) in [4.78, 5) is 24.1. The summed E-state index contributed by atoms with van der Waals surface area (Å²) >= 11 is 0. The smallest absolute Gasteiger partial charge is 0.251 e. The van der Waals surface area contributed by atoms with E-state index in [1.807, 2.05) is 45.0 Å². The van der Waals surface area contributed by atoms with E-state index in [1.54, 1.807) is 0 Å². The second-order valence-electron chi connectivity index (χ2n) is 7.89. The summed E-state index contributed by atoms with van der Waals surface area (Å²) in [5.41, 5.74) is 1.25. The summed E-state index contributed by atoms with van der Waals surface area (Å²) < 4.78 is 0. The molecule has 5 nitrogen and oxygen atoms in total. The number of nitrogens with one attached hydrogen (secondary N) is 3. The number of carbonyl (C=O) groups is 2. The molecule has 1 atom stereocenters. The third-order valence-electron chi connectivity index (χ3n) is 4.59. The number of hydrogen-bond acceptors (Lipinski definition) is 3. The summed E-state index contributed by atoms with van der Waals surface area (Å²) in [7, 11) is 0. The SMILES string of the molecule is CC(C)(C)C(=O)NCc1ccc(C(=O)NCCC2CCCNC2)cc1.Cl. The van der Waals surface area contributed by atoms with Crippen molar-refractivity contribution in [3.05, 3.63) is 35.4 Å². The highest BCUT2D eigenvalue weighted by Crippen LogP contribution is 2.14. The van der Waals surface area contributed by atoms with Crippen LogP contribution >= 0.6 is 12.4 Å². The first-order chi connectivity index (χ1) is 11.9. The first kappa shape index (κ1) is 22.5. The van der Waals surface area contributed by atoms with E-state index in [9.17, 15) is 9.59 Å². The molecule has 0 bridgehead atoms. The fourth-order valence-corrected chi connectivity index (χ4v) is 2.88. The monoisotopic (exact) mass is 381 g/mol. The average molecular weight is 382 g/mol. The van der Waals surface area contributed by atoms with Gasteiger partial charge in [0, 0.05) is 24.1 Å². The molecule has 0 spiro atoms. The Hall–Kier alpha value is -1.59. The Labute approximate surface area is 163 Å². The van der Waals surface area contributed by atoms with Crippen LogP contribution in [-0.2, 0) is 11.3 Å². The van der Waals surface area contributed by atoms with Crippen LogP contribution in [0.4, 0.5) is 0 Å². The molecule has 3 N–H and O–H groups in total. The molecule has 0 saturated carbocycles. The molecule has 1 heterocycles. The molecular weight excluding hydrogens is 350 g/mol. The van der Waals surface area contributed by atoms with Crippen molar-refractivity contribution in [1.82, 2.24) is 16.0 Å². The lowest BCUT2D eigenvalue weighted by atomic mass is 9.95. The van der Waals surface area contributed by atoms with Gasteiger partial charge >= 0.3 is 0 Å². The lowest BCUT2D eigenvalue weighted by Gasteiger charge is -2.22. The van der Waals surface area contributed by atoms with Crippen LogP contribution in [0.2, 0.25) is 0 Å². The minimum atomic E-state index is -0.395. The van der Waals surface area contributed by atoms with Crippen LogP contribution in [0.25, 0.3) is 0 Å². The molecule has 1 aliphatic rings. The summed E-state index contributed by atoms with van der Waals surface area (Å²) in [6.45, 7) is 9.04. The first-order valence-corrected chi connectivity index (χ1v) is 9.22. The number of rotatable bonds is 6. The molecule has 1 fully saturated rings. The second-order valence-corrected chi connectivity index (χ2v) is 7.89. The number of piperidine rings is 1. The fourth-order valence-electron chi connectivity index (χ4n) is 2.88. The second kappa shape index (κ2) is 10.5. The molecule has 26 heavy (non-hydrogen) atoms. The maximum absolute atomic E-state index is 12.2. The van der Waals surface area contributed by atoms with Gasteiger partial charge in [0.15, 0.2) is 0 Å². The van der Waals surface area contributed by atoms with Crippen molar-refractivity contribution >= 4 is 24.2 Å². The van der Waals surface area contributed by atoms with Crippen molar-refractivity contribution in [2.24, 2.45) is 11.3 Å². The molecule has 6 heteroatoms. The van der Waals surface area contributed by atoms with E-state index in [4.69, 9.17) is 0 Å². The number of benzene rings is 1. The molecule has 2 amide bonds. The van der Waals surface area contributed by atoms with Gasteiger partial charge in [-0.2, -0.15) is 0 Å². The Morgan fingerprint density at radius 2 is 1.85 bits per heavy atom. The Morgan fingerprint density at radius 1 is 1.15 bits per heavy atom. The Balaban J connectivity index is 0.00000338. The van der Waals surface area contributed by atoms with E-state index in [0.717, 1.165) is 25.1 Å². The summed E-state index contributed by atoms with van der Waals surface area (Å²) in [5.74, 6) is 0.656. The maximum Gasteiger partial charge on any atom is 0.251 e. The number of amides is 2. The zero-order valence-electron chi connectivity index (χ0n) is 16.1. The highest BCUT2D eigenvalue weighted by atomic mass is 35.5. The molecule has 146 valence electrons. The number of hydrogen-bond donors (Lipinski definition) is 3. The van der Waals surface area contributed by atoms with Crippen LogP contribution in [0.3, 0.4) is 0 Å². The molecule has 0 aliphatic carbocycles. The quantitative estimate of drug-likeness (QED) is 0.709. The Morgan fingerprint density at radius 3 is 2.42 bits per heavy atom. The van der Waals surface area contributed by atoms with Gasteiger partial charge in [-0.1, -0.05) is 32.9 Å². The summed E-state index contributed by atoms with van der Waals surface area (Å²) in [5, 5.41) is 9.31. The molecule has 0 radical (unpaired) electrons. The van der Waals surface area contributed by atoms with Gasteiger partial charge in [0.1, 0.15) is 0 Å². The molecule has 1 aromatic carbocycles. The predicted octanol–water partition coefficient (Wildman–Crippen LogP) is 2.89. The third-order valence-corrected chi connectivity index (χ3v) is 4.59. The Bertz CT molecular complexity index is 576. The van der Waals surface area contributed by atoms with Crippen LogP contribution in [0, 0.1) is 11.3 Å². The lowest BCUT2D eigenvalue weighted by Crippen LogP contribution is -2.34. The van der Waals surface area contributed by atoms with E-state index in [-0.39, 0.29) is 24.2 Å². The van der Waals surface area contributed by atoms with Crippen LogP contribution in [0.1, 0.15) is 56.0 Å². The van der Waals surface area contributed by atoms with Gasteiger partial charge in [-0.3, -0.25) is 9.59 Å². The molecule has 2 rings (SSSR count). The van der Waals surface area contributed by atoms with Crippen LogP contribution in [0.15, 0.2) is 24.3 Å². The maximum atomic E-state index is 12.2. The van der Waals surface area contributed by atoms with Gasteiger partial charge in [-0.15, -0.1) is 12.4 Å². The minimum Gasteiger partial charge on any atom is -0.352 e. The molecule has 1 unspecified atom stereocenters. The van der Waals surface area contributed by atoms with Gasteiger partial charge in [-0.05, 0) is 56.0 Å². The van der Waals surface area contributed by atoms with Crippen molar-refractivity contribution in [3.8, 4) is 0 Å². The van der Waals surface area contributed by atoms with Crippen molar-refractivity contribution in [2.45, 2.75) is 46.6 Å². The standard InChI is InChI=1S/C20H31N3O2.ClH/c1-20(2,3)19(25)23-14-16-6-8-17(9-7-16)18(24)22-12-10-15-5-4-11-21-13-15;/h6-9,15,21H,4-5,10-14H2,1-3H3,(H,22,24)(H,23,25);1H. The topological polar surface area (TPSA) is 70.2 Å². The Kier molecular flexibility index (Phi) is 9.09. The molecule has 1 aliphatic heterocycles. The van der Waals surface area contributed by atoms with Gasteiger partial charge in [-0.25, -0.2) is 0 Å². The van der Waals surface area contributed by atoms with Crippen molar-refractivity contribution in [1.29, 1.82) is 0 Å². The van der Waals surface area contributed by atoms with Gasteiger partial charge in [0.05, 0.1) is 0 Å². The van der Waals surface area contributed by atoms with Crippen LogP contribution < -0.4 is 16.0 Å². The molecule has 1 aromatic rings. The average Bonchev–Trinajstić information content (AvgIpc) is 2.60. The van der Waals surface area contributed by atoms with Crippen LogP contribution in [-0.4, -0.2) is 31.4 Å². The van der Waals surface area contributed by atoms with Crippen molar-refractivity contribution < 1.29 is 9.59 Å². The predicted molar refractivity (Wildman–Crippen MR) is 108 cm³/mol. The van der Waals surface area contributed by atoms with Crippen LogP contribution in [0.5, 0.6) is 0 Å². The molecule has 0 aromatic heterocycles. The summed E-state index contributed by atoms with van der Waals surface area (Å²) in [6, 6.07) is 7.41. The summed E-state index contributed by atoms with van der Waals surface area (Å²) in [6.07, 6.45) is 3.50. The highest BCUT2D eigenvalue weighted by Gasteiger charge is 2.20. The van der Waals surface area contributed by atoms with Gasteiger partial charge < -0.3 is 16.0 Å². The van der Waals surface area contributed by atoms with E-state index in [2.05, 4.69) is 16.0 Å². The fraction of sp³-hybridized carbons (Fsp3) is 0.600. The number of carbonyl (C=O) groups excluding carboxylic acids is 2. The molecule has 1 saturated heterocycles. The van der Waals surface area contributed by atoms with E-state index in [1.165, 1.54) is 12.8 Å². The van der Waals surface area contributed by atoms with E-state index < -0.39 is 5.41 Å². The zero-order chi connectivity index (χ0) is 18.3. The molecular formula is C20H32ClN3O2. The van der Waals surface area contributed by atoms with Gasteiger partial charge in [0.25, 0.3) is 5.91 Å². The first-order valence-electron chi connectivity index (χ1n) is 9.22.